The number of rotatable bonds is 1. The van der Waals surface area contributed by atoms with Crippen LogP contribution in [0.1, 0.15) is 11.7 Å². The average Bonchev–Trinajstić information content (AvgIpc) is 3.19. The van der Waals surface area contributed by atoms with E-state index in [4.69, 9.17) is 0 Å². The summed E-state index contributed by atoms with van der Waals surface area (Å²) in [6.45, 7) is 1.53. The van der Waals surface area contributed by atoms with Gasteiger partial charge in [0.15, 0.2) is 5.65 Å². The van der Waals surface area contributed by atoms with Gasteiger partial charge in [-0.15, -0.1) is 0 Å². The Morgan fingerprint density at radius 3 is 2.52 bits per heavy atom. The molecular formula is C19H13N5O. The van der Waals surface area contributed by atoms with E-state index in [0.29, 0.717) is 16.9 Å². The first-order valence-electron chi connectivity index (χ1n) is 7.95. The molecule has 0 N–H and O–H groups in total. The molecule has 3 heterocycles. The Bertz CT molecular complexity index is 1270. The smallest absolute Gasteiger partial charge is 0.253 e. The van der Waals surface area contributed by atoms with E-state index in [2.05, 4.69) is 15.1 Å². The van der Waals surface area contributed by atoms with Crippen molar-refractivity contribution in [2.45, 2.75) is 6.92 Å². The summed E-state index contributed by atoms with van der Waals surface area (Å²) in [7, 11) is 0. The molecule has 0 amide bonds. The van der Waals surface area contributed by atoms with Gasteiger partial charge in [0.05, 0.1) is 17.4 Å². The number of benzene rings is 2. The zero-order valence-electron chi connectivity index (χ0n) is 13.4. The molecule has 120 valence electrons. The van der Waals surface area contributed by atoms with Crippen LogP contribution >= 0.6 is 0 Å². The van der Waals surface area contributed by atoms with Crippen molar-refractivity contribution >= 4 is 33.8 Å². The summed E-state index contributed by atoms with van der Waals surface area (Å²) in [5.41, 5.74) is 3.83. The van der Waals surface area contributed by atoms with E-state index in [9.17, 15) is 4.79 Å². The van der Waals surface area contributed by atoms with Gasteiger partial charge in [0.25, 0.3) is 5.78 Å². The number of nitrogens with zero attached hydrogens (tertiary/aromatic N) is 5. The monoisotopic (exact) mass is 327 g/mol. The van der Waals surface area contributed by atoms with Crippen molar-refractivity contribution in [3.63, 3.8) is 0 Å². The van der Waals surface area contributed by atoms with Crippen LogP contribution in [-0.4, -0.2) is 30.1 Å². The van der Waals surface area contributed by atoms with E-state index < -0.39 is 0 Å². The summed E-state index contributed by atoms with van der Waals surface area (Å²) in [6, 6.07) is 17.6. The van der Waals surface area contributed by atoms with Gasteiger partial charge in [0.1, 0.15) is 5.52 Å². The van der Waals surface area contributed by atoms with Crippen LogP contribution in [0.15, 0.2) is 60.8 Å². The summed E-state index contributed by atoms with van der Waals surface area (Å²) < 4.78 is 3.26. The van der Waals surface area contributed by atoms with E-state index in [1.54, 1.807) is 9.08 Å². The Labute approximate surface area is 142 Å². The third-order valence-corrected chi connectivity index (χ3v) is 4.29. The normalized spacial score (nSPS) is 11.6. The van der Waals surface area contributed by atoms with Gasteiger partial charge in [-0.3, -0.25) is 9.36 Å². The summed E-state index contributed by atoms with van der Waals surface area (Å²) in [6.07, 6.45) is 1.86. The zero-order chi connectivity index (χ0) is 17.0. The number of hydrogen-bond acceptors (Lipinski definition) is 4. The second-order valence-electron chi connectivity index (χ2n) is 5.89. The van der Waals surface area contributed by atoms with E-state index in [1.807, 2.05) is 60.8 Å². The topological polar surface area (TPSA) is 65.1 Å². The van der Waals surface area contributed by atoms with Crippen LogP contribution in [0.3, 0.4) is 0 Å². The lowest BCUT2D eigenvalue weighted by atomic mass is 10.2. The van der Waals surface area contributed by atoms with E-state index >= 15 is 0 Å². The van der Waals surface area contributed by atoms with Crippen LogP contribution in [0.4, 0.5) is 0 Å². The number of carbonyl (C=O) groups excluding carboxylic acids is 1. The van der Waals surface area contributed by atoms with Gasteiger partial charge in [0, 0.05) is 17.9 Å². The molecule has 0 fully saturated rings. The van der Waals surface area contributed by atoms with Gasteiger partial charge >= 0.3 is 0 Å². The molecule has 25 heavy (non-hydrogen) atoms. The minimum atomic E-state index is -0.0975. The van der Waals surface area contributed by atoms with Crippen molar-refractivity contribution in [2.24, 2.45) is 0 Å². The fraction of sp³-hybridized carbons (Fsp3) is 0.0526. The van der Waals surface area contributed by atoms with E-state index in [-0.39, 0.29) is 5.91 Å². The van der Waals surface area contributed by atoms with Crippen molar-refractivity contribution in [1.29, 1.82) is 0 Å². The molecule has 0 saturated heterocycles. The Hall–Kier alpha value is -3.54. The third-order valence-electron chi connectivity index (χ3n) is 4.29. The largest absolute Gasteiger partial charge is 0.274 e. The summed E-state index contributed by atoms with van der Waals surface area (Å²) in [5, 5.41) is 5.57. The molecule has 5 aromatic rings. The lowest BCUT2D eigenvalue weighted by molar-refractivity contribution is 0.0946. The minimum absolute atomic E-state index is 0.0975. The molecule has 5 rings (SSSR count). The SMILES string of the molecule is CC(=O)n1c2ccccc2c2nn3cc(-c4ccccc4)nc3nc21. The predicted molar refractivity (Wildman–Crippen MR) is 95.5 cm³/mol. The van der Waals surface area contributed by atoms with Crippen LogP contribution < -0.4 is 0 Å². The van der Waals surface area contributed by atoms with Gasteiger partial charge in [-0.05, 0) is 6.07 Å². The third kappa shape index (κ3) is 1.97. The van der Waals surface area contributed by atoms with Crippen LogP contribution in [0.25, 0.3) is 39.1 Å². The van der Waals surface area contributed by atoms with Crippen LogP contribution in [0.5, 0.6) is 0 Å². The van der Waals surface area contributed by atoms with Crippen LogP contribution in [0, 0.1) is 0 Å². The number of aromatic nitrogens is 5. The Morgan fingerprint density at radius 2 is 1.72 bits per heavy atom. The fourth-order valence-corrected chi connectivity index (χ4v) is 3.19. The molecule has 6 heteroatoms. The number of fused-ring (bicyclic) bond motifs is 4. The van der Waals surface area contributed by atoms with Crippen molar-refractivity contribution in [2.75, 3.05) is 0 Å². The maximum atomic E-state index is 12.2. The van der Waals surface area contributed by atoms with E-state index in [0.717, 1.165) is 22.2 Å². The average molecular weight is 327 g/mol. The molecule has 0 aliphatic heterocycles. The molecular weight excluding hydrogens is 314 g/mol. The lowest BCUT2D eigenvalue weighted by Crippen LogP contribution is -2.07. The summed E-state index contributed by atoms with van der Waals surface area (Å²) in [4.78, 5) is 21.3. The number of carbonyl (C=O) groups is 1. The van der Waals surface area contributed by atoms with Crippen LogP contribution in [0.2, 0.25) is 0 Å². The molecule has 0 aliphatic rings. The van der Waals surface area contributed by atoms with Crippen molar-refractivity contribution < 1.29 is 4.79 Å². The highest BCUT2D eigenvalue weighted by atomic mass is 16.1. The molecule has 0 atom stereocenters. The molecule has 6 nitrogen and oxygen atoms in total. The second kappa shape index (κ2) is 4.98. The predicted octanol–water partition coefficient (Wildman–Crippen LogP) is 3.56. The van der Waals surface area contributed by atoms with Crippen molar-refractivity contribution in [3.05, 3.63) is 60.8 Å². The van der Waals surface area contributed by atoms with Crippen molar-refractivity contribution in [3.8, 4) is 11.3 Å². The Morgan fingerprint density at radius 1 is 0.960 bits per heavy atom. The summed E-state index contributed by atoms with van der Waals surface area (Å²) >= 11 is 0. The Kier molecular flexibility index (Phi) is 2.76. The van der Waals surface area contributed by atoms with Crippen LogP contribution in [-0.2, 0) is 0 Å². The van der Waals surface area contributed by atoms with Crippen molar-refractivity contribution in [1.82, 2.24) is 24.1 Å². The number of hydrogen-bond donors (Lipinski definition) is 0. The summed E-state index contributed by atoms with van der Waals surface area (Å²) in [5.74, 6) is 0.372. The van der Waals surface area contributed by atoms with Gasteiger partial charge < -0.3 is 0 Å². The molecule has 3 aromatic heterocycles. The van der Waals surface area contributed by atoms with Gasteiger partial charge in [-0.1, -0.05) is 48.5 Å². The standard InChI is InChI=1S/C19H13N5O/c1-12(25)24-16-10-6-5-9-14(16)17-18(24)21-19-20-15(11-23(19)22-17)13-7-3-2-4-8-13/h2-11H,1H3. The molecule has 0 aliphatic carbocycles. The zero-order valence-corrected chi connectivity index (χ0v) is 13.4. The quantitative estimate of drug-likeness (QED) is 0.472. The molecule has 2 aromatic carbocycles. The second-order valence-corrected chi connectivity index (χ2v) is 5.89. The maximum absolute atomic E-state index is 12.2. The molecule has 0 radical (unpaired) electrons. The first-order chi connectivity index (χ1) is 12.2. The maximum Gasteiger partial charge on any atom is 0.253 e. The van der Waals surface area contributed by atoms with E-state index in [1.165, 1.54) is 6.92 Å². The molecule has 0 saturated carbocycles. The lowest BCUT2D eigenvalue weighted by Gasteiger charge is -1.99. The minimum Gasteiger partial charge on any atom is -0.274 e. The first kappa shape index (κ1) is 13.9. The highest BCUT2D eigenvalue weighted by Crippen LogP contribution is 2.27. The van der Waals surface area contributed by atoms with Gasteiger partial charge in [0.2, 0.25) is 5.91 Å². The fourth-order valence-electron chi connectivity index (χ4n) is 3.19. The molecule has 0 unspecified atom stereocenters. The van der Waals surface area contributed by atoms with Gasteiger partial charge in [-0.25, -0.2) is 9.50 Å². The number of imidazole rings is 1. The highest BCUT2D eigenvalue weighted by molar-refractivity contribution is 6.10. The number of para-hydroxylation sites is 1. The highest BCUT2D eigenvalue weighted by Gasteiger charge is 2.18. The molecule has 0 spiro atoms. The molecule has 0 bridgehead atoms. The Balaban J connectivity index is 1.87. The van der Waals surface area contributed by atoms with Gasteiger partial charge in [-0.2, -0.15) is 10.1 Å². The first-order valence-corrected chi connectivity index (χ1v) is 7.95.